The van der Waals surface area contributed by atoms with E-state index >= 15 is 0 Å². The van der Waals surface area contributed by atoms with Gasteiger partial charge in [-0.2, -0.15) is 4.31 Å². The van der Waals surface area contributed by atoms with Crippen molar-refractivity contribution in [2.24, 2.45) is 0 Å². The molecule has 35 heavy (non-hydrogen) atoms. The fourth-order valence-electron chi connectivity index (χ4n) is 4.43. The Hall–Kier alpha value is -3.27. The molecule has 0 saturated carbocycles. The zero-order valence-electron chi connectivity index (χ0n) is 19.2. The first-order chi connectivity index (χ1) is 16.8. The highest BCUT2D eigenvalue weighted by molar-refractivity contribution is 7.89. The summed E-state index contributed by atoms with van der Waals surface area (Å²) in [4.78, 5) is 23.2. The number of likely N-dealkylation sites (N-methyl/N-ethyl adjacent to an activating group) is 1. The number of nitrogens with zero attached hydrogens (tertiary/aromatic N) is 4. The van der Waals surface area contributed by atoms with Crippen LogP contribution in [-0.2, 0) is 21.4 Å². The Morgan fingerprint density at radius 3 is 2.69 bits per heavy atom. The van der Waals surface area contributed by atoms with Gasteiger partial charge in [0.15, 0.2) is 0 Å². The monoisotopic (exact) mass is 510 g/mol. The van der Waals surface area contributed by atoms with Gasteiger partial charge in [-0.25, -0.2) is 18.4 Å². The molecule has 0 spiro atoms. The molecule has 10 heteroatoms. The van der Waals surface area contributed by atoms with Gasteiger partial charge in [0.05, 0.1) is 17.5 Å². The van der Waals surface area contributed by atoms with E-state index in [2.05, 4.69) is 9.97 Å². The van der Waals surface area contributed by atoms with Gasteiger partial charge in [-0.05, 0) is 59.2 Å². The van der Waals surface area contributed by atoms with Gasteiger partial charge in [0.2, 0.25) is 15.9 Å². The topological polar surface area (TPSA) is 92.7 Å². The first kappa shape index (κ1) is 23.5. The minimum atomic E-state index is -3.89. The second-order valence-corrected chi connectivity index (χ2v) is 10.8. The predicted molar refractivity (Wildman–Crippen MR) is 134 cm³/mol. The Morgan fingerprint density at radius 1 is 1.09 bits per heavy atom. The molecule has 180 valence electrons. The average Bonchev–Trinajstić information content (AvgIpc) is 3.22. The Kier molecular flexibility index (Phi) is 6.08. The van der Waals surface area contributed by atoms with E-state index in [-0.39, 0.29) is 10.8 Å². The summed E-state index contributed by atoms with van der Waals surface area (Å²) in [5.74, 6) is 0.414. The average molecular weight is 511 g/mol. The SMILES string of the molecule is COc1ccc2ccc(S(=O)(=O)N(C)C3CCN(Cc4ccc5ncnc(Cl)c5c4)C3=O)cc2c1. The third kappa shape index (κ3) is 4.31. The third-order valence-electron chi connectivity index (χ3n) is 6.43. The van der Waals surface area contributed by atoms with Gasteiger partial charge in [0.1, 0.15) is 23.3 Å². The Morgan fingerprint density at radius 2 is 1.89 bits per heavy atom. The molecule has 1 saturated heterocycles. The molecule has 2 heterocycles. The van der Waals surface area contributed by atoms with Gasteiger partial charge in [0, 0.05) is 25.5 Å². The number of carbonyl (C=O) groups excluding carboxylic acids is 1. The van der Waals surface area contributed by atoms with Crippen LogP contribution in [0.4, 0.5) is 0 Å². The lowest BCUT2D eigenvalue weighted by Gasteiger charge is -2.24. The molecule has 0 N–H and O–H groups in total. The third-order valence-corrected chi connectivity index (χ3v) is 8.59. The summed E-state index contributed by atoms with van der Waals surface area (Å²) in [7, 11) is -0.861. The maximum absolute atomic E-state index is 13.4. The lowest BCUT2D eigenvalue weighted by atomic mass is 10.1. The van der Waals surface area contributed by atoms with Crippen molar-refractivity contribution >= 4 is 49.2 Å². The van der Waals surface area contributed by atoms with Crippen molar-refractivity contribution in [2.75, 3.05) is 20.7 Å². The van der Waals surface area contributed by atoms with Crippen molar-refractivity contribution in [2.45, 2.75) is 23.9 Å². The lowest BCUT2D eigenvalue weighted by molar-refractivity contribution is -0.131. The summed E-state index contributed by atoms with van der Waals surface area (Å²) in [5.41, 5.74) is 1.59. The molecule has 1 amide bonds. The molecule has 1 unspecified atom stereocenters. The highest BCUT2D eigenvalue weighted by Crippen LogP contribution is 2.29. The van der Waals surface area contributed by atoms with E-state index in [1.54, 1.807) is 36.3 Å². The zero-order chi connectivity index (χ0) is 24.7. The van der Waals surface area contributed by atoms with Gasteiger partial charge >= 0.3 is 0 Å². The highest BCUT2D eigenvalue weighted by Gasteiger charge is 2.39. The first-order valence-corrected chi connectivity index (χ1v) is 12.8. The maximum atomic E-state index is 13.4. The van der Waals surface area contributed by atoms with E-state index in [4.69, 9.17) is 16.3 Å². The van der Waals surface area contributed by atoms with Gasteiger partial charge < -0.3 is 9.64 Å². The second kappa shape index (κ2) is 9.07. The Bertz CT molecular complexity index is 1560. The molecule has 1 aliphatic rings. The molecule has 3 aromatic carbocycles. The molecule has 0 aliphatic carbocycles. The van der Waals surface area contributed by atoms with E-state index in [0.29, 0.717) is 35.8 Å². The Balaban J connectivity index is 1.36. The summed E-state index contributed by atoms with van der Waals surface area (Å²) < 4.78 is 33.3. The number of aromatic nitrogens is 2. The van der Waals surface area contributed by atoms with Crippen LogP contribution in [0, 0.1) is 0 Å². The number of amides is 1. The van der Waals surface area contributed by atoms with Crippen LogP contribution < -0.4 is 4.74 Å². The number of benzene rings is 3. The van der Waals surface area contributed by atoms with Gasteiger partial charge in [-0.3, -0.25) is 4.79 Å². The molecule has 5 rings (SSSR count). The standard InChI is InChI=1S/C25H23ClN4O4S/c1-29(35(32,33)20-7-5-17-4-6-19(34-2)12-18(17)13-20)23-9-10-30(25(23)31)14-16-3-8-22-21(11-16)24(26)28-15-27-22/h3-8,11-13,15,23H,9-10,14H2,1-2H3. The van der Waals surface area contributed by atoms with Crippen molar-refractivity contribution in [1.82, 2.24) is 19.2 Å². The summed E-state index contributed by atoms with van der Waals surface area (Å²) in [6, 6.07) is 15.2. The number of rotatable bonds is 6. The minimum Gasteiger partial charge on any atom is -0.497 e. The van der Waals surface area contributed by atoms with E-state index in [9.17, 15) is 13.2 Å². The quantitative estimate of drug-likeness (QED) is 0.366. The summed E-state index contributed by atoms with van der Waals surface area (Å²) in [5, 5.41) is 2.71. The minimum absolute atomic E-state index is 0.135. The fourth-order valence-corrected chi connectivity index (χ4v) is 6.01. The molecule has 1 fully saturated rings. The van der Waals surface area contributed by atoms with Crippen LogP contribution in [0.15, 0.2) is 65.8 Å². The molecule has 1 aliphatic heterocycles. The van der Waals surface area contributed by atoms with Crippen molar-refractivity contribution in [3.8, 4) is 5.75 Å². The molecule has 8 nitrogen and oxygen atoms in total. The number of carbonyl (C=O) groups is 1. The largest absolute Gasteiger partial charge is 0.497 e. The zero-order valence-corrected chi connectivity index (χ0v) is 20.8. The van der Waals surface area contributed by atoms with Crippen molar-refractivity contribution in [3.05, 3.63) is 71.6 Å². The highest BCUT2D eigenvalue weighted by atomic mass is 35.5. The molecule has 0 radical (unpaired) electrons. The number of halogens is 1. The van der Waals surface area contributed by atoms with Gasteiger partial charge in [0.25, 0.3) is 0 Å². The number of sulfonamides is 1. The van der Waals surface area contributed by atoms with E-state index in [1.807, 2.05) is 30.3 Å². The number of fused-ring (bicyclic) bond motifs is 2. The molecule has 0 bridgehead atoms. The summed E-state index contributed by atoms with van der Waals surface area (Å²) in [6.45, 7) is 0.801. The number of hydrogen-bond donors (Lipinski definition) is 0. The van der Waals surface area contributed by atoms with E-state index < -0.39 is 16.1 Å². The number of methoxy groups -OCH3 is 1. The summed E-state index contributed by atoms with van der Waals surface area (Å²) in [6.07, 6.45) is 1.81. The number of likely N-dealkylation sites (tertiary alicyclic amines) is 1. The maximum Gasteiger partial charge on any atom is 0.243 e. The Labute approximate surface area is 208 Å². The second-order valence-electron chi connectivity index (χ2n) is 8.48. The van der Waals surface area contributed by atoms with Crippen LogP contribution >= 0.6 is 11.6 Å². The molecular formula is C25H23ClN4O4S. The van der Waals surface area contributed by atoms with Crippen LogP contribution in [0.1, 0.15) is 12.0 Å². The van der Waals surface area contributed by atoms with E-state index in [0.717, 1.165) is 21.9 Å². The van der Waals surface area contributed by atoms with Crippen LogP contribution in [-0.4, -0.2) is 60.2 Å². The van der Waals surface area contributed by atoms with Crippen molar-refractivity contribution in [1.29, 1.82) is 0 Å². The predicted octanol–water partition coefficient (Wildman–Crippen LogP) is 3.87. The summed E-state index contributed by atoms with van der Waals surface area (Å²) >= 11 is 6.19. The smallest absolute Gasteiger partial charge is 0.243 e. The van der Waals surface area contributed by atoms with Gasteiger partial charge in [-0.15, -0.1) is 0 Å². The fraction of sp³-hybridized carbons (Fsp3) is 0.240. The lowest BCUT2D eigenvalue weighted by Crippen LogP contribution is -2.42. The first-order valence-electron chi connectivity index (χ1n) is 11.0. The van der Waals surface area contributed by atoms with Crippen LogP contribution in [0.5, 0.6) is 5.75 Å². The number of hydrogen-bond acceptors (Lipinski definition) is 6. The molecule has 4 aromatic rings. The molecule has 1 atom stereocenters. The van der Waals surface area contributed by atoms with Crippen LogP contribution in [0.25, 0.3) is 21.7 Å². The van der Waals surface area contributed by atoms with Crippen molar-refractivity contribution < 1.29 is 17.9 Å². The van der Waals surface area contributed by atoms with Crippen LogP contribution in [0.3, 0.4) is 0 Å². The molecule has 1 aromatic heterocycles. The van der Waals surface area contributed by atoms with Gasteiger partial charge in [-0.1, -0.05) is 29.8 Å². The van der Waals surface area contributed by atoms with Crippen molar-refractivity contribution in [3.63, 3.8) is 0 Å². The number of ether oxygens (including phenoxy) is 1. The molecular weight excluding hydrogens is 488 g/mol. The van der Waals surface area contributed by atoms with Crippen LogP contribution in [0.2, 0.25) is 5.15 Å². The van der Waals surface area contributed by atoms with E-state index in [1.165, 1.54) is 17.7 Å². The normalized spacial score (nSPS) is 16.5.